The minimum atomic E-state index is 0.202. The van der Waals surface area contributed by atoms with Crippen LogP contribution in [0.2, 0.25) is 0 Å². The van der Waals surface area contributed by atoms with Gasteiger partial charge in [0.05, 0.1) is 4.88 Å². The van der Waals surface area contributed by atoms with E-state index in [1.165, 1.54) is 11.3 Å². The van der Waals surface area contributed by atoms with E-state index >= 15 is 0 Å². The number of thiophene rings is 1. The van der Waals surface area contributed by atoms with Gasteiger partial charge in [0.25, 0.3) is 5.91 Å². The van der Waals surface area contributed by atoms with Gasteiger partial charge in [0.1, 0.15) is 12.4 Å². The zero-order chi connectivity index (χ0) is 15.8. The summed E-state index contributed by atoms with van der Waals surface area (Å²) >= 11 is 1.62. The normalized spacial score (nSPS) is 19.7. The molecule has 1 aromatic carbocycles. The Morgan fingerprint density at radius 1 is 1.35 bits per heavy atom. The van der Waals surface area contributed by atoms with Crippen molar-refractivity contribution in [3.05, 3.63) is 40.8 Å². The van der Waals surface area contributed by atoms with Crippen LogP contribution in [0.1, 0.15) is 47.8 Å². The second kappa shape index (κ2) is 6.00. The van der Waals surface area contributed by atoms with E-state index in [0.29, 0.717) is 12.6 Å². The Hall–Kier alpha value is -1.81. The van der Waals surface area contributed by atoms with E-state index in [-0.39, 0.29) is 5.91 Å². The fraction of sp³-hybridized carbons (Fsp3) is 0.421. The van der Waals surface area contributed by atoms with Gasteiger partial charge in [-0.05, 0) is 43.9 Å². The van der Waals surface area contributed by atoms with Crippen LogP contribution in [0, 0.1) is 0 Å². The van der Waals surface area contributed by atoms with Crippen molar-refractivity contribution in [3.63, 3.8) is 0 Å². The molecule has 1 fully saturated rings. The Kier molecular flexibility index (Phi) is 3.85. The number of piperidine rings is 1. The zero-order valence-corrected chi connectivity index (χ0v) is 14.2. The molecule has 0 saturated carbocycles. The third-order valence-electron chi connectivity index (χ3n) is 4.89. The maximum absolute atomic E-state index is 13.0. The van der Waals surface area contributed by atoms with Crippen LogP contribution in [-0.4, -0.2) is 23.4 Å². The van der Waals surface area contributed by atoms with Gasteiger partial charge in [0.2, 0.25) is 0 Å². The predicted octanol–water partition coefficient (Wildman–Crippen LogP) is 4.71. The number of ether oxygens (including phenoxy) is 1. The molecule has 1 amide bonds. The summed E-state index contributed by atoms with van der Waals surface area (Å²) in [6.07, 6.45) is 4.55. The lowest BCUT2D eigenvalue weighted by atomic mass is 9.99. The Morgan fingerprint density at radius 3 is 3.09 bits per heavy atom. The number of carbonyl (C=O) groups is 1. The van der Waals surface area contributed by atoms with E-state index in [9.17, 15) is 4.79 Å². The highest BCUT2D eigenvalue weighted by molar-refractivity contribution is 7.17. The van der Waals surface area contributed by atoms with E-state index in [0.717, 1.165) is 47.6 Å². The molecule has 0 N–H and O–H groups in total. The molecule has 1 saturated heterocycles. The second-order valence-corrected chi connectivity index (χ2v) is 7.36. The lowest BCUT2D eigenvalue weighted by Crippen LogP contribution is -2.43. The van der Waals surface area contributed by atoms with Crippen LogP contribution in [0.15, 0.2) is 30.3 Å². The maximum atomic E-state index is 13.0. The summed E-state index contributed by atoms with van der Waals surface area (Å²) in [6, 6.07) is 10.5. The zero-order valence-electron chi connectivity index (χ0n) is 13.4. The van der Waals surface area contributed by atoms with Gasteiger partial charge < -0.3 is 9.64 Å². The number of amides is 1. The average molecular weight is 327 g/mol. The smallest absolute Gasteiger partial charge is 0.264 e. The van der Waals surface area contributed by atoms with Crippen LogP contribution in [0.5, 0.6) is 5.75 Å². The van der Waals surface area contributed by atoms with Crippen molar-refractivity contribution in [2.24, 2.45) is 0 Å². The van der Waals surface area contributed by atoms with Crippen LogP contribution in [-0.2, 0) is 6.61 Å². The van der Waals surface area contributed by atoms with E-state index in [1.54, 1.807) is 11.3 Å². The monoisotopic (exact) mass is 327 g/mol. The van der Waals surface area contributed by atoms with Crippen molar-refractivity contribution in [2.45, 2.75) is 45.3 Å². The summed E-state index contributed by atoms with van der Waals surface area (Å²) < 4.78 is 5.81. The number of hydrogen-bond donors (Lipinski definition) is 0. The number of rotatable bonds is 2. The quantitative estimate of drug-likeness (QED) is 0.799. The fourth-order valence-electron chi connectivity index (χ4n) is 3.64. The average Bonchev–Trinajstić information content (AvgIpc) is 3.05. The standard InChI is InChI=1S/C19H21NO2S/c1-2-14-7-5-6-10-20(14)19(21)17-11-13-12-22-16-9-4-3-8-15(16)18(13)23-17/h3-4,8-9,11,14H,2,5-7,10,12H2,1H3/t14-/m1/s1. The number of nitrogens with zero attached hydrogens (tertiary/aromatic N) is 1. The van der Waals surface area contributed by atoms with Crippen LogP contribution >= 0.6 is 11.3 Å². The van der Waals surface area contributed by atoms with Crippen molar-refractivity contribution < 1.29 is 9.53 Å². The summed E-state index contributed by atoms with van der Waals surface area (Å²) in [5, 5.41) is 0. The highest BCUT2D eigenvalue weighted by Gasteiger charge is 2.29. The minimum absolute atomic E-state index is 0.202. The molecule has 0 aliphatic carbocycles. The van der Waals surface area contributed by atoms with E-state index in [2.05, 4.69) is 17.9 Å². The fourth-order valence-corrected chi connectivity index (χ4v) is 4.79. The number of benzene rings is 1. The first-order chi connectivity index (χ1) is 11.3. The Morgan fingerprint density at radius 2 is 2.22 bits per heavy atom. The molecule has 2 aliphatic heterocycles. The van der Waals surface area contributed by atoms with Gasteiger partial charge >= 0.3 is 0 Å². The largest absolute Gasteiger partial charge is 0.488 e. The summed E-state index contributed by atoms with van der Waals surface area (Å²) in [7, 11) is 0. The van der Waals surface area contributed by atoms with Gasteiger partial charge in [0.15, 0.2) is 0 Å². The van der Waals surface area contributed by atoms with Crippen LogP contribution in [0.3, 0.4) is 0 Å². The molecule has 0 bridgehead atoms. The van der Waals surface area contributed by atoms with Crippen molar-refractivity contribution >= 4 is 17.2 Å². The lowest BCUT2D eigenvalue weighted by molar-refractivity contribution is 0.0613. The number of hydrogen-bond acceptors (Lipinski definition) is 3. The second-order valence-electron chi connectivity index (χ2n) is 6.31. The molecule has 1 aromatic heterocycles. The SMILES string of the molecule is CC[C@@H]1CCCCN1C(=O)c1cc2c(s1)-c1ccccc1OC2. The summed E-state index contributed by atoms with van der Waals surface area (Å²) in [6.45, 7) is 3.64. The summed E-state index contributed by atoms with van der Waals surface area (Å²) in [4.78, 5) is 17.1. The molecule has 2 aliphatic rings. The Balaban J connectivity index is 1.67. The molecule has 120 valence electrons. The number of para-hydroxylation sites is 1. The van der Waals surface area contributed by atoms with Gasteiger partial charge in [-0.2, -0.15) is 0 Å². The molecule has 3 nitrogen and oxygen atoms in total. The van der Waals surface area contributed by atoms with E-state index in [4.69, 9.17) is 4.74 Å². The highest BCUT2D eigenvalue weighted by Crippen LogP contribution is 2.42. The molecule has 0 unspecified atom stereocenters. The van der Waals surface area contributed by atoms with Gasteiger partial charge in [-0.1, -0.05) is 19.1 Å². The first kappa shape index (κ1) is 14.8. The Bertz CT molecular complexity index is 737. The van der Waals surface area contributed by atoms with Crippen LogP contribution < -0.4 is 4.74 Å². The summed E-state index contributed by atoms with van der Waals surface area (Å²) in [5.74, 6) is 1.12. The van der Waals surface area contributed by atoms with Crippen LogP contribution in [0.25, 0.3) is 10.4 Å². The molecule has 0 radical (unpaired) electrons. The molecule has 3 heterocycles. The number of carbonyl (C=O) groups excluding carboxylic acids is 1. The van der Waals surface area contributed by atoms with Crippen molar-refractivity contribution in [2.75, 3.05) is 6.54 Å². The third-order valence-corrected chi connectivity index (χ3v) is 6.09. The first-order valence-electron chi connectivity index (χ1n) is 8.44. The molecular weight excluding hydrogens is 306 g/mol. The molecular formula is C19H21NO2S. The van der Waals surface area contributed by atoms with Gasteiger partial charge in [0, 0.05) is 28.6 Å². The van der Waals surface area contributed by atoms with Crippen molar-refractivity contribution in [1.82, 2.24) is 4.90 Å². The Labute approximate surface area is 140 Å². The van der Waals surface area contributed by atoms with Gasteiger partial charge in [-0.25, -0.2) is 0 Å². The maximum Gasteiger partial charge on any atom is 0.264 e. The lowest BCUT2D eigenvalue weighted by Gasteiger charge is -2.35. The highest BCUT2D eigenvalue weighted by atomic mass is 32.1. The third kappa shape index (κ3) is 2.55. The van der Waals surface area contributed by atoms with Crippen molar-refractivity contribution in [1.29, 1.82) is 0 Å². The molecule has 23 heavy (non-hydrogen) atoms. The number of likely N-dealkylation sites (tertiary alicyclic amines) is 1. The predicted molar refractivity (Wildman–Crippen MR) is 93.1 cm³/mol. The van der Waals surface area contributed by atoms with Crippen molar-refractivity contribution in [3.8, 4) is 16.2 Å². The van der Waals surface area contributed by atoms with Gasteiger partial charge in [-0.3, -0.25) is 4.79 Å². The molecule has 1 atom stereocenters. The van der Waals surface area contributed by atoms with Gasteiger partial charge in [-0.15, -0.1) is 11.3 Å². The molecule has 2 aromatic rings. The molecule has 4 rings (SSSR count). The van der Waals surface area contributed by atoms with Crippen LogP contribution in [0.4, 0.5) is 0 Å². The topological polar surface area (TPSA) is 29.5 Å². The van der Waals surface area contributed by atoms with E-state index in [1.807, 2.05) is 24.3 Å². The number of fused-ring (bicyclic) bond motifs is 3. The first-order valence-corrected chi connectivity index (χ1v) is 9.25. The molecule has 0 spiro atoms. The molecule has 4 heteroatoms. The minimum Gasteiger partial charge on any atom is -0.488 e. The van der Waals surface area contributed by atoms with E-state index < -0.39 is 0 Å². The summed E-state index contributed by atoms with van der Waals surface area (Å²) in [5.41, 5.74) is 2.26.